The molecule has 0 amide bonds. The fourth-order valence-corrected chi connectivity index (χ4v) is 2.54. The molecule has 3 atom stereocenters. The molecular weight excluding hydrogens is 164 g/mol. The van der Waals surface area contributed by atoms with E-state index in [-0.39, 0.29) is 0 Å². The van der Waals surface area contributed by atoms with E-state index in [1.165, 1.54) is 19.3 Å². The molecule has 1 saturated carbocycles. The number of nitrogens with two attached hydrogens (primary N) is 1. The van der Waals surface area contributed by atoms with Gasteiger partial charge in [0.2, 0.25) is 0 Å². The van der Waals surface area contributed by atoms with Gasteiger partial charge < -0.3 is 4.74 Å². The zero-order chi connectivity index (χ0) is 9.26. The average Bonchev–Trinajstić information content (AvgIpc) is 2.86. The van der Waals surface area contributed by atoms with Crippen molar-refractivity contribution >= 4 is 0 Å². The van der Waals surface area contributed by atoms with E-state index in [0.717, 1.165) is 31.0 Å². The van der Waals surface area contributed by atoms with Crippen molar-refractivity contribution in [2.45, 2.75) is 32.2 Å². The molecule has 2 fully saturated rings. The summed E-state index contributed by atoms with van der Waals surface area (Å²) in [6, 6.07) is 0.541. The third kappa shape index (κ3) is 2.03. The maximum atomic E-state index is 5.62. The minimum absolute atomic E-state index is 0.541. The van der Waals surface area contributed by atoms with E-state index >= 15 is 0 Å². The van der Waals surface area contributed by atoms with Gasteiger partial charge in [-0.1, -0.05) is 6.92 Å². The Labute approximate surface area is 80.0 Å². The molecule has 0 spiro atoms. The van der Waals surface area contributed by atoms with Gasteiger partial charge in [-0.15, -0.1) is 0 Å². The fraction of sp³-hybridized carbons (Fsp3) is 1.00. The molecule has 0 radical (unpaired) electrons. The first-order valence-corrected chi connectivity index (χ1v) is 5.37. The fourth-order valence-electron chi connectivity index (χ4n) is 2.54. The third-order valence-electron chi connectivity index (χ3n) is 3.60. The SMILES string of the molecule is CC1CC1C(NN)C1CCOCC1. The van der Waals surface area contributed by atoms with Gasteiger partial charge in [0.05, 0.1) is 0 Å². The molecule has 13 heavy (non-hydrogen) atoms. The van der Waals surface area contributed by atoms with Crippen molar-refractivity contribution in [1.29, 1.82) is 0 Å². The number of hydrazine groups is 1. The lowest BCUT2D eigenvalue weighted by Crippen LogP contribution is -2.44. The van der Waals surface area contributed by atoms with Crippen LogP contribution in [-0.4, -0.2) is 19.3 Å². The summed E-state index contributed by atoms with van der Waals surface area (Å²) < 4.78 is 5.35. The van der Waals surface area contributed by atoms with E-state index in [9.17, 15) is 0 Å². The van der Waals surface area contributed by atoms with Crippen LogP contribution in [-0.2, 0) is 4.74 Å². The Hall–Kier alpha value is -0.120. The molecule has 1 saturated heterocycles. The molecule has 0 aromatic rings. The highest BCUT2D eigenvalue weighted by Crippen LogP contribution is 2.44. The molecule has 0 bridgehead atoms. The standard InChI is InChI=1S/C10H20N2O/c1-7-6-9(7)10(12-11)8-2-4-13-5-3-8/h7-10,12H,2-6,11H2,1H3. The van der Waals surface area contributed by atoms with Gasteiger partial charge in [0.15, 0.2) is 0 Å². The molecule has 3 heteroatoms. The van der Waals surface area contributed by atoms with Crippen LogP contribution in [0.2, 0.25) is 0 Å². The minimum atomic E-state index is 0.541. The summed E-state index contributed by atoms with van der Waals surface area (Å²) in [6.07, 6.45) is 3.71. The monoisotopic (exact) mass is 184 g/mol. The van der Waals surface area contributed by atoms with E-state index in [1.807, 2.05) is 0 Å². The van der Waals surface area contributed by atoms with E-state index in [4.69, 9.17) is 10.6 Å². The van der Waals surface area contributed by atoms with Crippen LogP contribution in [0.5, 0.6) is 0 Å². The van der Waals surface area contributed by atoms with Crippen LogP contribution in [0.15, 0.2) is 0 Å². The summed E-state index contributed by atoms with van der Waals surface area (Å²) in [5, 5.41) is 0. The van der Waals surface area contributed by atoms with Gasteiger partial charge in [0.25, 0.3) is 0 Å². The predicted octanol–water partition coefficient (Wildman–Crippen LogP) is 0.901. The van der Waals surface area contributed by atoms with Crippen molar-refractivity contribution in [3.8, 4) is 0 Å². The van der Waals surface area contributed by atoms with Crippen LogP contribution < -0.4 is 11.3 Å². The molecule has 3 N–H and O–H groups in total. The summed E-state index contributed by atoms with van der Waals surface area (Å²) in [5.74, 6) is 8.07. The maximum absolute atomic E-state index is 5.62. The van der Waals surface area contributed by atoms with Crippen LogP contribution in [0, 0.1) is 17.8 Å². The lowest BCUT2D eigenvalue weighted by molar-refractivity contribution is 0.0500. The number of hydrogen-bond acceptors (Lipinski definition) is 3. The molecule has 1 aliphatic heterocycles. The summed E-state index contributed by atoms with van der Waals surface area (Å²) in [4.78, 5) is 0. The van der Waals surface area contributed by atoms with Crippen molar-refractivity contribution in [2.75, 3.05) is 13.2 Å². The first-order chi connectivity index (χ1) is 6.33. The Morgan fingerprint density at radius 1 is 1.38 bits per heavy atom. The predicted molar refractivity (Wildman–Crippen MR) is 51.9 cm³/mol. The first kappa shape index (κ1) is 9.44. The van der Waals surface area contributed by atoms with Gasteiger partial charge in [-0.05, 0) is 37.0 Å². The summed E-state index contributed by atoms with van der Waals surface area (Å²) in [5.41, 5.74) is 3.01. The number of hydrogen-bond donors (Lipinski definition) is 2. The molecule has 76 valence electrons. The van der Waals surface area contributed by atoms with E-state index < -0.39 is 0 Å². The van der Waals surface area contributed by atoms with Gasteiger partial charge >= 0.3 is 0 Å². The Morgan fingerprint density at radius 2 is 2.00 bits per heavy atom. The zero-order valence-electron chi connectivity index (χ0n) is 8.33. The van der Waals surface area contributed by atoms with Crippen molar-refractivity contribution in [1.82, 2.24) is 5.43 Å². The van der Waals surface area contributed by atoms with Gasteiger partial charge in [0, 0.05) is 19.3 Å². The summed E-state index contributed by atoms with van der Waals surface area (Å²) >= 11 is 0. The van der Waals surface area contributed by atoms with Crippen LogP contribution in [0.25, 0.3) is 0 Å². The zero-order valence-corrected chi connectivity index (χ0v) is 8.33. The molecule has 3 nitrogen and oxygen atoms in total. The smallest absolute Gasteiger partial charge is 0.0469 e. The normalized spacial score (nSPS) is 37.4. The molecule has 0 aromatic carbocycles. The first-order valence-electron chi connectivity index (χ1n) is 5.37. The van der Waals surface area contributed by atoms with Gasteiger partial charge in [-0.2, -0.15) is 0 Å². The van der Waals surface area contributed by atoms with Gasteiger partial charge in [-0.3, -0.25) is 11.3 Å². The number of nitrogens with one attached hydrogen (secondary N) is 1. The Bertz CT molecular complexity index is 168. The van der Waals surface area contributed by atoms with Crippen LogP contribution >= 0.6 is 0 Å². The number of ether oxygens (including phenoxy) is 1. The van der Waals surface area contributed by atoms with Crippen LogP contribution in [0.1, 0.15) is 26.2 Å². The topological polar surface area (TPSA) is 47.3 Å². The molecular formula is C10H20N2O. The molecule has 2 aliphatic rings. The average molecular weight is 184 g/mol. The second kappa shape index (κ2) is 3.95. The van der Waals surface area contributed by atoms with Crippen molar-refractivity contribution in [3.05, 3.63) is 0 Å². The van der Waals surface area contributed by atoms with Gasteiger partial charge in [0.1, 0.15) is 0 Å². The van der Waals surface area contributed by atoms with Crippen LogP contribution in [0.4, 0.5) is 0 Å². The van der Waals surface area contributed by atoms with Crippen molar-refractivity contribution < 1.29 is 4.74 Å². The Kier molecular flexibility index (Phi) is 2.86. The number of rotatable bonds is 3. The van der Waals surface area contributed by atoms with Crippen LogP contribution in [0.3, 0.4) is 0 Å². The van der Waals surface area contributed by atoms with Gasteiger partial charge in [-0.25, -0.2) is 0 Å². The Balaban J connectivity index is 1.87. The highest BCUT2D eigenvalue weighted by molar-refractivity contribution is 4.95. The molecule has 2 rings (SSSR count). The summed E-state index contributed by atoms with van der Waals surface area (Å²) in [6.45, 7) is 4.15. The lowest BCUT2D eigenvalue weighted by Gasteiger charge is -2.30. The highest BCUT2D eigenvalue weighted by Gasteiger charge is 2.42. The second-order valence-electron chi connectivity index (χ2n) is 4.52. The molecule has 1 heterocycles. The largest absolute Gasteiger partial charge is 0.381 e. The Morgan fingerprint density at radius 3 is 2.46 bits per heavy atom. The quantitative estimate of drug-likeness (QED) is 0.506. The lowest BCUT2D eigenvalue weighted by atomic mass is 9.88. The molecule has 1 aliphatic carbocycles. The highest BCUT2D eigenvalue weighted by atomic mass is 16.5. The van der Waals surface area contributed by atoms with E-state index in [0.29, 0.717) is 6.04 Å². The van der Waals surface area contributed by atoms with E-state index in [2.05, 4.69) is 12.3 Å². The summed E-state index contributed by atoms with van der Waals surface area (Å²) in [7, 11) is 0. The van der Waals surface area contributed by atoms with E-state index in [1.54, 1.807) is 0 Å². The van der Waals surface area contributed by atoms with Crippen molar-refractivity contribution in [3.63, 3.8) is 0 Å². The molecule has 0 aromatic heterocycles. The minimum Gasteiger partial charge on any atom is -0.381 e. The van der Waals surface area contributed by atoms with Crippen molar-refractivity contribution in [2.24, 2.45) is 23.6 Å². The maximum Gasteiger partial charge on any atom is 0.0469 e. The second-order valence-corrected chi connectivity index (χ2v) is 4.52. The third-order valence-corrected chi connectivity index (χ3v) is 3.60. The molecule has 3 unspecified atom stereocenters.